The van der Waals surface area contributed by atoms with Crippen LogP contribution < -0.4 is 0 Å². The Morgan fingerprint density at radius 3 is 2.81 bits per heavy atom. The normalized spacial score (nSPS) is 34.4. The first-order chi connectivity index (χ1) is 12.7. The van der Waals surface area contributed by atoms with Crippen molar-refractivity contribution < 1.29 is 19.0 Å². The lowest BCUT2D eigenvalue weighted by atomic mass is 9.72. The highest BCUT2D eigenvalue weighted by Gasteiger charge is 2.58. The van der Waals surface area contributed by atoms with Gasteiger partial charge in [-0.25, -0.2) is 0 Å². The third-order valence-electron chi connectivity index (χ3n) is 5.91. The van der Waals surface area contributed by atoms with Gasteiger partial charge in [0.2, 0.25) is 0 Å². The Hall–Kier alpha value is -1.91. The van der Waals surface area contributed by atoms with Gasteiger partial charge in [-0.05, 0) is 50.5 Å². The summed E-state index contributed by atoms with van der Waals surface area (Å²) in [6, 6.07) is 0. The van der Waals surface area contributed by atoms with Gasteiger partial charge in [-0.3, -0.25) is 4.79 Å². The topological polar surface area (TPSA) is 44.8 Å². The fourth-order valence-electron chi connectivity index (χ4n) is 3.97. The van der Waals surface area contributed by atoms with E-state index in [2.05, 4.69) is 26.8 Å². The summed E-state index contributed by atoms with van der Waals surface area (Å²) in [6.45, 7) is 10.2. The fourth-order valence-corrected chi connectivity index (χ4v) is 3.97. The highest BCUT2D eigenvalue weighted by molar-refractivity contribution is 6.01. The van der Waals surface area contributed by atoms with Crippen molar-refractivity contribution in [3.8, 4) is 0 Å². The molecule has 3 rings (SSSR count). The molecule has 0 spiro atoms. The third-order valence-corrected chi connectivity index (χ3v) is 5.91. The van der Waals surface area contributed by atoms with Crippen molar-refractivity contribution in [3.63, 3.8) is 0 Å². The van der Waals surface area contributed by atoms with Crippen LogP contribution in [0, 0.1) is 11.8 Å². The summed E-state index contributed by atoms with van der Waals surface area (Å²) in [5, 5.41) is 0. The van der Waals surface area contributed by atoms with E-state index in [4.69, 9.17) is 14.2 Å². The Balaban J connectivity index is 1.83. The maximum atomic E-state index is 12.8. The molecule has 0 N–H and O–H groups in total. The van der Waals surface area contributed by atoms with Crippen molar-refractivity contribution in [3.05, 3.63) is 59.1 Å². The molecule has 0 radical (unpaired) electrons. The predicted octanol–water partition coefficient (Wildman–Crippen LogP) is 5.00. The Morgan fingerprint density at radius 2 is 2.15 bits per heavy atom. The lowest BCUT2D eigenvalue weighted by molar-refractivity contribution is -0.221. The zero-order valence-corrected chi connectivity index (χ0v) is 17.2. The fraction of sp³-hybridized carbons (Fsp3) is 0.522. The van der Waals surface area contributed by atoms with Gasteiger partial charge in [-0.15, -0.1) is 0 Å². The van der Waals surface area contributed by atoms with E-state index in [-0.39, 0.29) is 11.7 Å². The van der Waals surface area contributed by atoms with Gasteiger partial charge >= 0.3 is 0 Å². The van der Waals surface area contributed by atoms with Gasteiger partial charge in [0, 0.05) is 25.0 Å². The summed E-state index contributed by atoms with van der Waals surface area (Å²) in [5.74, 6) is 0.419. The second-order valence-corrected chi connectivity index (χ2v) is 8.13. The van der Waals surface area contributed by atoms with E-state index < -0.39 is 11.4 Å². The molecule has 4 nitrogen and oxygen atoms in total. The number of methoxy groups -OCH3 is 1. The lowest BCUT2D eigenvalue weighted by Gasteiger charge is -2.35. The van der Waals surface area contributed by atoms with Crippen LogP contribution in [0.5, 0.6) is 0 Å². The Labute approximate surface area is 162 Å². The highest BCUT2D eigenvalue weighted by Crippen LogP contribution is 2.51. The van der Waals surface area contributed by atoms with Crippen LogP contribution in [0.25, 0.3) is 0 Å². The molecule has 2 aliphatic heterocycles. The van der Waals surface area contributed by atoms with E-state index in [0.717, 1.165) is 23.3 Å². The van der Waals surface area contributed by atoms with Gasteiger partial charge < -0.3 is 14.2 Å². The monoisotopic (exact) mass is 370 g/mol. The minimum absolute atomic E-state index is 0.0187. The number of hydrogen-bond donors (Lipinski definition) is 0. The van der Waals surface area contributed by atoms with Crippen LogP contribution >= 0.6 is 0 Å². The molecule has 0 saturated carbocycles. The number of ether oxygens (including phenoxy) is 3. The molecule has 0 aromatic rings. The molecule has 146 valence electrons. The SMILES string of the molecule is CCC(C)C=C(C)C=CC1=CC2=CC(=O)C3(C)OC(C)(OC)CC3C2=CO1. The molecular weight excluding hydrogens is 340 g/mol. The molecule has 0 bridgehead atoms. The minimum Gasteiger partial charge on any atom is -0.465 e. The summed E-state index contributed by atoms with van der Waals surface area (Å²) in [6.07, 6.45) is 13.3. The molecule has 3 aliphatic rings. The predicted molar refractivity (Wildman–Crippen MR) is 106 cm³/mol. The highest BCUT2D eigenvalue weighted by atomic mass is 16.7. The third kappa shape index (κ3) is 3.74. The first kappa shape index (κ1) is 19.8. The molecule has 4 unspecified atom stereocenters. The smallest absolute Gasteiger partial charge is 0.188 e. The Morgan fingerprint density at radius 1 is 1.41 bits per heavy atom. The summed E-state index contributed by atoms with van der Waals surface area (Å²) in [4.78, 5) is 12.8. The largest absolute Gasteiger partial charge is 0.465 e. The standard InChI is InChI=1S/C23H30O4/c1-7-15(2)10-16(3)8-9-18-11-17-12-21(24)23(5)20(19(17)14-26-18)13-22(4,25-6)27-23/h8-12,14-15,20H,7,13H2,1-6H3. The van der Waals surface area contributed by atoms with Gasteiger partial charge in [0.15, 0.2) is 11.6 Å². The van der Waals surface area contributed by atoms with Gasteiger partial charge in [0.25, 0.3) is 0 Å². The number of allylic oxidation sites excluding steroid dienone is 6. The van der Waals surface area contributed by atoms with E-state index in [1.54, 1.807) is 19.4 Å². The molecule has 0 aromatic heterocycles. The van der Waals surface area contributed by atoms with Gasteiger partial charge in [-0.2, -0.15) is 0 Å². The van der Waals surface area contributed by atoms with Crippen LogP contribution in [-0.4, -0.2) is 24.3 Å². The molecule has 27 heavy (non-hydrogen) atoms. The average molecular weight is 370 g/mol. The number of carbonyl (C=O) groups is 1. The van der Waals surface area contributed by atoms with Crippen LogP contribution in [0.2, 0.25) is 0 Å². The molecule has 1 aliphatic carbocycles. The molecule has 1 fully saturated rings. The van der Waals surface area contributed by atoms with Gasteiger partial charge in [-0.1, -0.05) is 38.0 Å². The van der Waals surface area contributed by atoms with Gasteiger partial charge in [0.05, 0.1) is 6.26 Å². The van der Waals surface area contributed by atoms with Crippen molar-refractivity contribution in [2.75, 3.05) is 7.11 Å². The summed E-state index contributed by atoms with van der Waals surface area (Å²) >= 11 is 0. The molecule has 0 aromatic carbocycles. The minimum atomic E-state index is -0.903. The zero-order chi connectivity index (χ0) is 19.8. The Bertz CT molecular complexity index is 782. The molecule has 4 atom stereocenters. The molecule has 2 heterocycles. The molecular formula is C23H30O4. The first-order valence-corrected chi connectivity index (χ1v) is 9.67. The zero-order valence-electron chi connectivity index (χ0n) is 17.2. The summed E-state index contributed by atoms with van der Waals surface area (Å²) in [7, 11) is 1.61. The van der Waals surface area contributed by atoms with Crippen molar-refractivity contribution in [1.82, 2.24) is 0 Å². The Kier molecular flexibility index (Phi) is 5.33. The van der Waals surface area contributed by atoms with Crippen LogP contribution in [0.15, 0.2) is 59.1 Å². The maximum Gasteiger partial charge on any atom is 0.188 e. The molecule has 0 amide bonds. The number of hydrogen-bond acceptors (Lipinski definition) is 4. The van der Waals surface area contributed by atoms with E-state index in [0.29, 0.717) is 12.3 Å². The summed E-state index contributed by atoms with van der Waals surface area (Å²) in [5.41, 5.74) is 2.20. The van der Waals surface area contributed by atoms with Crippen molar-refractivity contribution in [1.29, 1.82) is 0 Å². The first-order valence-electron chi connectivity index (χ1n) is 9.67. The second kappa shape index (κ2) is 7.25. The van der Waals surface area contributed by atoms with Crippen molar-refractivity contribution >= 4 is 5.78 Å². The average Bonchev–Trinajstić information content (AvgIpc) is 2.93. The lowest BCUT2D eigenvalue weighted by Crippen LogP contribution is -2.45. The van der Waals surface area contributed by atoms with E-state index in [1.807, 2.05) is 32.1 Å². The number of fused-ring (bicyclic) bond motifs is 3. The van der Waals surface area contributed by atoms with Crippen molar-refractivity contribution in [2.24, 2.45) is 11.8 Å². The quantitative estimate of drug-likeness (QED) is 0.639. The van der Waals surface area contributed by atoms with E-state index in [1.165, 1.54) is 5.57 Å². The molecule has 4 heteroatoms. The van der Waals surface area contributed by atoms with Gasteiger partial charge in [0.1, 0.15) is 11.4 Å². The second-order valence-electron chi connectivity index (χ2n) is 8.13. The van der Waals surface area contributed by atoms with Crippen LogP contribution in [0.3, 0.4) is 0 Å². The maximum absolute atomic E-state index is 12.8. The number of ketones is 1. The van der Waals surface area contributed by atoms with Crippen molar-refractivity contribution in [2.45, 2.75) is 58.8 Å². The van der Waals surface area contributed by atoms with E-state index >= 15 is 0 Å². The number of rotatable bonds is 5. The summed E-state index contributed by atoms with van der Waals surface area (Å²) < 4.78 is 17.4. The van der Waals surface area contributed by atoms with Crippen LogP contribution in [0.1, 0.15) is 47.5 Å². The molecule has 1 saturated heterocycles. The number of carbonyl (C=O) groups excluding carboxylic acids is 1. The van der Waals surface area contributed by atoms with Crippen LogP contribution in [-0.2, 0) is 19.0 Å². The van der Waals surface area contributed by atoms with Crippen LogP contribution in [0.4, 0.5) is 0 Å². The van der Waals surface area contributed by atoms with E-state index in [9.17, 15) is 4.79 Å².